The number of nitrogens with zero attached hydrogens (tertiary/aromatic N) is 1. The quantitative estimate of drug-likeness (QED) is 0.708. The van der Waals surface area contributed by atoms with E-state index in [0.717, 1.165) is 12.8 Å². The van der Waals surface area contributed by atoms with Crippen molar-refractivity contribution in [2.45, 2.75) is 77.2 Å². The zero-order chi connectivity index (χ0) is 20.4. The van der Waals surface area contributed by atoms with E-state index in [1.165, 1.54) is 7.11 Å². The molecule has 2 rings (SSSR count). The van der Waals surface area contributed by atoms with Gasteiger partial charge in [-0.25, -0.2) is 4.79 Å². The summed E-state index contributed by atoms with van der Waals surface area (Å²) in [6.45, 7) is 9.42. The van der Waals surface area contributed by atoms with Gasteiger partial charge in [-0.15, -0.1) is 0 Å². The number of ether oxygens (including phenoxy) is 3. The predicted octanol–water partition coefficient (Wildman–Crippen LogP) is 2.65. The molecule has 1 amide bonds. The first-order valence-electron chi connectivity index (χ1n) is 9.43. The van der Waals surface area contributed by atoms with Crippen molar-refractivity contribution in [3.63, 3.8) is 0 Å². The van der Waals surface area contributed by atoms with Crippen molar-refractivity contribution in [1.29, 1.82) is 0 Å². The van der Waals surface area contributed by atoms with Crippen LogP contribution in [-0.2, 0) is 23.8 Å². The second-order valence-electron chi connectivity index (χ2n) is 8.38. The molecular weight excluding hydrogens is 352 g/mol. The van der Waals surface area contributed by atoms with E-state index in [2.05, 4.69) is 17.4 Å². The van der Waals surface area contributed by atoms with E-state index in [0.29, 0.717) is 12.1 Å². The molecule has 0 aromatic carbocycles. The van der Waals surface area contributed by atoms with Crippen LogP contribution in [0.4, 0.5) is 4.79 Å². The minimum absolute atomic E-state index is 0.280. The predicted molar refractivity (Wildman–Crippen MR) is 99.4 cm³/mol. The lowest BCUT2D eigenvalue weighted by atomic mass is 9.82. The van der Waals surface area contributed by atoms with Gasteiger partial charge in [0.25, 0.3) is 0 Å². The molecule has 154 valence electrons. The monoisotopic (exact) mass is 384 g/mol. The highest BCUT2D eigenvalue weighted by Gasteiger charge is 2.58. The van der Waals surface area contributed by atoms with Gasteiger partial charge in [-0.2, -0.15) is 0 Å². The zero-order valence-corrected chi connectivity index (χ0v) is 17.3. The lowest BCUT2D eigenvalue weighted by Crippen LogP contribution is -2.50. The normalized spacial score (nSPS) is 29.2. The molecule has 0 bridgehead atoms. The van der Waals surface area contributed by atoms with Gasteiger partial charge < -0.3 is 24.4 Å². The van der Waals surface area contributed by atoms with E-state index >= 15 is 0 Å². The molecule has 1 saturated carbocycles. The Kier molecular flexibility index (Phi) is 6.39. The summed E-state index contributed by atoms with van der Waals surface area (Å²) >= 11 is 0. The first-order valence-corrected chi connectivity index (χ1v) is 9.43. The van der Waals surface area contributed by atoms with Crippen molar-refractivity contribution in [3.8, 4) is 0 Å². The smallest absolute Gasteiger partial charge is 0.407 e. The SMILES string of the molecule is CCC[C@](C)(OC)C1=NO[C@H]2[C@@H]1[C@H](NC(=O)OC(C)(C)C)C[C@@H]2C(=O)OC. The van der Waals surface area contributed by atoms with E-state index in [-0.39, 0.29) is 17.9 Å². The molecular formula is C19H32N2O6. The molecule has 0 aromatic rings. The highest BCUT2D eigenvalue weighted by molar-refractivity contribution is 5.97. The van der Waals surface area contributed by atoms with Crippen LogP contribution < -0.4 is 5.32 Å². The Balaban J connectivity index is 2.28. The average Bonchev–Trinajstić information content (AvgIpc) is 3.14. The summed E-state index contributed by atoms with van der Waals surface area (Å²) in [7, 11) is 2.98. The molecule has 5 atom stereocenters. The Morgan fingerprint density at radius 3 is 2.44 bits per heavy atom. The number of amides is 1. The average molecular weight is 384 g/mol. The summed E-state index contributed by atoms with van der Waals surface area (Å²) in [5, 5.41) is 7.17. The maximum atomic E-state index is 12.3. The number of carbonyl (C=O) groups is 2. The van der Waals surface area contributed by atoms with Crippen LogP contribution in [0.25, 0.3) is 0 Å². The third-order valence-electron chi connectivity index (χ3n) is 5.21. The van der Waals surface area contributed by atoms with Crippen molar-refractivity contribution in [3.05, 3.63) is 0 Å². The lowest BCUT2D eigenvalue weighted by molar-refractivity contribution is -0.149. The van der Waals surface area contributed by atoms with Crippen molar-refractivity contribution in [2.24, 2.45) is 17.0 Å². The summed E-state index contributed by atoms with van der Waals surface area (Å²) in [4.78, 5) is 30.2. The molecule has 1 N–H and O–H groups in total. The maximum absolute atomic E-state index is 12.3. The molecule has 27 heavy (non-hydrogen) atoms. The molecule has 8 heteroatoms. The molecule has 0 aromatic heterocycles. The summed E-state index contributed by atoms with van der Waals surface area (Å²) in [5.41, 5.74) is -0.534. The topological polar surface area (TPSA) is 95.5 Å². The number of esters is 1. The number of carbonyl (C=O) groups excluding carboxylic acids is 2. The van der Waals surface area contributed by atoms with E-state index in [4.69, 9.17) is 19.0 Å². The minimum atomic E-state index is -0.632. The van der Waals surface area contributed by atoms with Crippen LogP contribution in [-0.4, -0.2) is 55.3 Å². The van der Waals surface area contributed by atoms with Crippen LogP contribution in [0.2, 0.25) is 0 Å². The third-order valence-corrected chi connectivity index (χ3v) is 5.21. The Labute approximate surface area is 160 Å². The molecule has 1 heterocycles. The zero-order valence-electron chi connectivity index (χ0n) is 17.3. The number of hydrogen-bond donors (Lipinski definition) is 1. The van der Waals surface area contributed by atoms with Crippen molar-refractivity contribution in [2.75, 3.05) is 14.2 Å². The van der Waals surface area contributed by atoms with E-state index in [9.17, 15) is 9.59 Å². The van der Waals surface area contributed by atoms with Crippen LogP contribution in [0.15, 0.2) is 5.16 Å². The first kappa shape index (κ1) is 21.5. The van der Waals surface area contributed by atoms with Crippen LogP contribution in [0.5, 0.6) is 0 Å². The number of hydrogen-bond acceptors (Lipinski definition) is 7. The fourth-order valence-electron chi connectivity index (χ4n) is 3.95. The van der Waals surface area contributed by atoms with Gasteiger partial charge in [-0.3, -0.25) is 4.79 Å². The Morgan fingerprint density at radius 2 is 1.93 bits per heavy atom. The number of fused-ring (bicyclic) bond motifs is 1. The highest BCUT2D eigenvalue weighted by atomic mass is 16.7. The van der Waals surface area contributed by atoms with Gasteiger partial charge in [0.2, 0.25) is 0 Å². The number of methoxy groups -OCH3 is 2. The second kappa shape index (κ2) is 8.04. The second-order valence-corrected chi connectivity index (χ2v) is 8.38. The fourth-order valence-corrected chi connectivity index (χ4v) is 3.95. The molecule has 2 aliphatic rings. The highest BCUT2D eigenvalue weighted by Crippen LogP contribution is 2.43. The third kappa shape index (κ3) is 4.54. The molecule has 1 aliphatic heterocycles. The van der Waals surface area contributed by atoms with Gasteiger partial charge in [0, 0.05) is 13.2 Å². The summed E-state index contributed by atoms with van der Waals surface area (Å²) in [5.74, 6) is -1.16. The number of nitrogens with one attached hydrogen (secondary N) is 1. The standard InChI is InChI=1S/C19H32N2O6/c1-8-9-19(5,25-7)15-13-12(20-17(23)26-18(2,3)4)10-11(16(22)24-6)14(13)27-21-15/h11-14H,8-10H2,1-7H3,(H,20,23)/t11-,12+,13-,14+,19-/m0/s1. The van der Waals surface area contributed by atoms with Gasteiger partial charge in [-0.05, 0) is 40.5 Å². The molecule has 0 spiro atoms. The van der Waals surface area contributed by atoms with Crippen molar-refractivity contribution >= 4 is 17.8 Å². The van der Waals surface area contributed by atoms with Gasteiger partial charge in [-0.1, -0.05) is 18.5 Å². The van der Waals surface area contributed by atoms with Crippen LogP contribution in [0.1, 0.15) is 53.9 Å². The van der Waals surface area contributed by atoms with E-state index in [1.54, 1.807) is 27.9 Å². The van der Waals surface area contributed by atoms with E-state index in [1.807, 2.05) is 6.92 Å². The van der Waals surface area contributed by atoms with Crippen LogP contribution in [0, 0.1) is 11.8 Å². The Bertz CT molecular complexity index is 599. The molecule has 8 nitrogen and oxygen atoms in total. The maximum Gasteiger partial charge on any atom is 0.407 e. The van der Waals surface area contributed by atoms with Crippen molar-refractivity contribution < 1.29 is 28.6 Å². The summed E-state index contributed by atoms with van der Waals surface area (Å²) in [6.07, 6.45) is 1.02. The van der Waals surface area contributed by atoms with E-state index < -0.39 is 29.3 Å². The molecule has 0 radical (unpaired) electrons. The number of rotatable bonds is 6. The minimum Gasteiger partial charge on any atom is -0.469 e. The van der Waals surface area contributed by atoms with Crippen LogP contribution >= 0.6 is 0 Å². The summed E-state index contributed by atoms with van der Waals surface area (Å²) < 4.78 is 16.1. The van der Waals surface area contributed by atoms with Crippen molar-refractivity contribution in [1.82, 2.24) is 5.32 Å². The Morgan fingerprint density at radius 1 is 1.26 bits per heavy atom. The summed E-state index contributed by atoms with van der Waals surface area (Å²) in [6, 6.07) is -0.360. The molecule has 1 aliphatic carbocycles. The Hall–Kier alpha value is -1.83. The lowest BCUT2D eigenvalue weighted by Gasteiger charge is -2.32. The van der Waals surface area contributed by atoms with Gasteiger partial charge in [0.05, 0.1) is 24.7 Å². The number of oxime groups is 1. The first-order chi connectivity index (χ1) is 12.6. The van der Waals surface area contributed by atoms with Gasteiger partial charge in [0.15, 0.2) is 6.10 Å². The largest absolute Gasteiger partial charge is 0.469 e. The van der Waals surface area contributed by atoms with Crippen LogP contribution in [0.3, 0.4) is 0 Å². The number of alkyl carbamates (subject to hydrolysis) is 1. The molecule has 0 unspecified atom stereocenters. The van der Waals surface area contributed by atoms with Gasteiger partial charge >= 0.3 is 12.1 Å². The fraction of sp³-hybridized carbons (Fsp3) is 0.842. The molecule has 1 fully saturated rings. The van der Waals surface area contributed by atoms with Gasteiger partial charge in [0.1, 0.15) is 11.2 Å². The molecule has 0 saturated heterocycles.